The van der Waals surface area contributed by atoms with Crippen molar-refractivity contribution in [2.75, 3.05) is 11.1 Å². The number of aromatic amines is 1. The molecule has 7 heteroatoms. The van der Waals surface area contributed by atoms with E-state index in [0.29, 0.717) is 17.9 Å². The van der Waals surface area contributed by atoms with E-state index >= 15 is 0 Å². The second-order valence-electron chi connectivity index (χ2n) is 3.90. The van der Waals surface area contributed by atoms with E-state index in [4.69, 9.17) is 5.73 Å². The number of nitrogens with two attached hydrogens (primary N) is 1. The lowest BCUT2D eigenvalue weighted by atomic mass is 10.2. The molecule has 0 aliphatic rings. The highest BCUT2D eigenvalue weighted by molar-refractivity contribution is 5.69. The molecule has 0 aliphatic carbocycles. The normalized spacial score (nSPS) is 10.3. The van der Waals surface area contributed by atoms with Gasteiger partial charge in [-0.1, -0.05) is 0 Å². The van der Waals surface area contributed by atoms with Crippen LogP contribution in [0.25, 0.3) is 0 Å². The minimum absolute atomic E-state index is 0.0162. The molecule has 0 spiro atoms. The number of nitro benzene ring substituents is 1. The molecule has 0 atom stereocenters. The van der Waals surface area contributed by atoms with Crippen molar-refractivity contribution in [1.82, 2.24) is 10.2 Å². The van der Waals surface area contributed by atoms with Crippen molar-refractivity contribution >= 4 is 17.1 Å². The summed E-state index contributed by atoms with van der Waals surface area (Å²) >= 11 is 0. The molecule has 1 aromatic carbocycles. The SMILES string of the molecule is Cc1[nH]ncc1CNc1ccc([N+](=O)[O-])cc1N. The summed E-state index contributed by atoms with van der Waals surface area (Å²) in [4.78, 5) is 10.1. The van der Waals surface area contributed by atoms with Gasteiger partial charge in [0, 0.05) is 29.9 Å². The number of nitrogens with one attached hydrogen (secondary N) is 2. The first-order valence-corrected chi connectivity index (χ1v) is 5.34. The summed E-state index contributed by atoms with van der Waals surface area (Å²) in [6, 6.07) is 4.36. The Morgan fingerprint density at radius 2 is 2.33 bits per heavy atom. The number of nitrogens with zero attached hydrogens (tertiary/aromatic N) is 2. The summed E-state index contributed by atoms with van der Waals surface area (Å²) in [5, 5.41) is 20.4. The average Bonchev–Trinajstić information content (AvgIpc) is 2.73. The molecule has 0 aliphatic heterocycles. The van der Waals surface area contributed by atoms with E-state index in [1.54, 1.807) is 12.3 Å². The summed E-state index contributed by atoms with van der Waals surface area (Å²) in [5.74, 6) is 0. The zero-order valence-electron chi connectivity index (χ0n) is 9.80. The zero-order valence-corrected chi connectivity index (χ0v) is 9.80. The van der Waals surface area contributed by atoms with Gasteiger partial charge in [-0.15, -0.1) is 0 Å². The van der Waals surface area contributed by atoms with Crippen molar-refractivity contribution in [2.24, 2.45) is 0 Å². The van der Waals surface area contributed by atoms with Gasteiger partial charge in [0.05, 0.1) is 22.5 Å². The minimum Gasteiger partial charge on any atom is -0.397 e. The Morgan fingerprint density at radius 3 is 2.89 bits per heavy atom. The Hall–Kier alpha value is -2.57. The first-order valence-electron chi connectivity index (χ1n) is 5.34. The van der Waals surface area contributed by atoms with E-state index in [-0.39, 0.29) is 5.69 Å². The summed E-state index contributed by atoms with van der Waals surface area (Å²) in [7, 11) is 0. The lowest BCUT2D eigenvalue weighted by molar-refractivity contribution is -0.384. The molecule has 0 unspecified atom stereocenters. The molecule has 2 aromatic rings. The van der Waals surface area contributed by atoms with Gasteiger partial charge in [-0.25, -0.2) is 0 Å². The number of hydrogen-bond donors (Lipinski definition) is 3. The standard InChI is InChI=1S/C11H13N5O2/c1-7-8(6-14-15-7)5-13-11-3-2-9(16(17)18)4-10(11)12/h2-4,6,13H,5,12H2,1H3,(H,14,15). The van der Waals surface area contributed by atoms with Gasteiger partial charge in [-0.05, 0) is 13.0 Å². The third kappa shape index (κ3) is 2.40. The third-order valence-electron chi connectivity index (χ3n) is 2.65. The van der Waals surface area contributed by atoms with Crippen molar-refractivity contribution in [3.63, 3.8) is 0 Å². The number of aryl methyl sites for hydroxylation is 1. The minimum atomic E-state index is -0.472. The molecule has 0 saturated carbocycles. The molecule has 18 heavy (non-hydrogen) atoms. The highest BCUT2D eigenvalue weighted by atomic mass is 16.6. The maximum absolute atomic E-state index is 10.6. The van der Waals surface area contributed by atoms with Gasteiger partial charge in [-0.3, -0.25) is 15.2 Å². The number of benzene rings is 1. The highest BCUT2D eigenvalue weighted by Crippen LogP contribution is 2.24. The molecule has 0 fully saturated rings. The Balaban J connectivity index is 2.11. The van der Waals surface area contributed by atoms with Gasteiger partial charge < -0.3 is 11.1 Å². The van der Waals surface area contributed by atoms with Crippen LogP contribution in [-0.4, -0.2) is 15.1 Å². The van der Waals surface area contributed by atoms with Crippen molar-refractivity contribution in [1.29, 1.82) is 0 Å². The lowest BCUT2D eigenvalue weighted by Crippen LogP contribution is -2.03. The molecular weight excluding hydrogens is 234 g/mol. The monoisotopic (exact) mass is 247 g/mol. The third-order valence-corrected chi connectivity index (χ3v) is 2.65. The average molecular weight is 247 g/mol. The second-order valence-corrected chi connectivity index (χ2v) is 3.90. The summed E-state index contributed by atoms with van der Waals surface area (Å²) in [6.45, 7) is 2.48. The lowest BCUT2D eigenvalue weighted by Gasteiger charge is -2.08. The fourth-order valence-electron chi connectivity index (χ4n) is 1.57. The largest absolute Gasteiger partial charge is 0.397 e. The van der Waals surface area contributed by atoms with Gasteiger partial charge in [0.15, 0.2) is 0 Å². The molecule has 0 bridgehead atoms. The van der Waals surface area contributed by atoms with Crippen LogP contribution in [0.4, 0.5) is 17.1 Å². The fourth-order valence-corrected chi connectivity index (χ4v) is 1.57. The molecule has 0 saturated heterocycles. The molecule has 4 N–H and O–H groups in total. The van der Waals surface area contributed by atoms with Crippen LogP contribution in [0.1, 0.15) is 11.3 Å². The Kier molecular flexibility index (Phi) is 3.13. The number of nitrogen functional groups attached to an aromatic ring is 1. The van der Waals surface area contributed by atoms with Crippen LogP contribution < -0.4 is 11.1 Å². The summed E-state index contributed by atoms with van der Waals surface area (Å²) in [6.07, 6.45) is 1.73. The number of nitro groups is 1. The van der Waals surface area contributed by atoms with E-state index in [1.807, 2.05) is 6.92 Å². The van der Waals surface area contributed by atoms with Crippen LogP contribution in [0.3, 0.4) is 0 Å². The smallest absolute Gasteiger partial charge is 0.271 e. The number of non-ortho nitro benzene ring substituents is 1. The van der Waals surface area contributed by atoms with Crippen LogP contribution in [0.5, 0.6) is 0 Å². The Labute approximate surface area is 103 Å². The van der Waals surface area contributed by atoms with E-state index in [1.165, 1.54) is 12.1 Å². The molecular formula is C11H13N5O2. The molecule has 1 aromatic heterocycles. The van der Waals surface area contributed by atoms with Crippen LogP contribution >= 0.6 is 0 Å². The van der Waals surface area contributed by atoms with E-state index in [9.17, 15) is 10.1 Å². The topological polar surface area (TPSA) is 110 Å². The zero-order chi connectivity index (χ0) is 13.1. The van der Waals surface area contributed by atoms with Crippen LogP contribution in [0.2, 0.25) is 0 Å². The highest BCUT2D eigenvalue weighted by Gasteiger charge is 2.08. The van der Waals surface area contributed by atoms with E-state index < -0.39 is 4.92 Å². The first-order chi connectivity index (χ1) is 8.58. The van der Waals surface area contributed by atoms with Crippen LogP contribution in [0.15, 0.2) is 24.4 Å². The molecule has 2 rings (SSSR count). The predicted octanol–water partition coefficient (Wildman–Crippen LogP) is 1.82. The summed E-state index contributed by atoms with van der Waals surface area (Å²) < 4.78 is 0. The first kappa shape index (κ1) is 11.9. The quantitative estimate of drug-likeness (QED) is 0.433. The Bertz CT molecular complexity index is 579. The number of anilines is 2. The van der Waals surface area contributed by atoms with Gasteiger partial charge >= 0.3 is 0 Å². The predicted molar refractivity (Wildman–Crippen MR) is 68.2 cm³/mol. The van der Waals surface area contributed by atoms with Gasteiger partial charge in [0.2, 0.25) is 0 Å². The second kappa shape index (κ2) is 4.74. The molecule has 7 nitrogen and oxygen atoms in total. The van der Waals surface area contributed by atoms with Gasteiger partial charge in [0.1, 0.15) is 0 Å². The van der Waals surface area contributed by atoms with Crippen molar-refractivity contribution in [3.8, 4) is 0 Å². The maximum atomic E-state index is 10.6. The molecule has 0 radical (unpaired) electrons. The Morgan fingerprint density at radius 1 is 1.56 bits per heavy atom. The summed E-state index contributed by atoms with van der Waals surface area (Å²) in [5.41, 5.74) is 8.75. The van der Waals surface area contributed by atoms with Crippen molar-refractivity contribution < 1.29 is 4.92 Å². The number of aromatic nitrogens is 2. The number of rotatable bonds is 4. The molecule has 0 amide bonds. The number of hydrogen-bond acceptors (Lipinski definition) is 5. The molecule has 1 heterocycles. The van der Waals surface area contributed by atoms with Crippen LogP contribution in [-0.2, 0) is 6.54 Å². The van der Waals surface area contributed by atoms with E-state index in [0.717, 1.165) is 11.3 Å². The van der Waals surface area contributed by atoms with Gasteiger partial charge in [0.25, 0.3) is 5.69 Å². The maximum Gasteiger partial charge on any atom is 0.271 e. The fraction of sp³-hybridized carbons (Fsp3) is 0.182. The molecule has 94 valence electrons. The van der Waals surface area contributed by atoms with Crippen LogP contribution in [0, 0.1) is 17.0 Å². The number of H-pyrrole nitrogens is 1. The van der Waals surface area contributed by atoms with Crippen molar-refractivity contribution in [3.05, 3.63) is 45.8 Å². The van der Waals surface area contributed by atoms with Gasteiger partial charge in [-0.2, -0.15) is 5.10 Å². The van der Waals surface area contributed by atoms with E-state index in [2.05, 4.69) is 15.5 Å². The van der Waals surface area contributed by atoms with Crippen molar-refractivity contribution in [2.45, 2.75) is 13.5 Å².